The summed E-state index contributed by atoms with van der Waals surface area (Å²) in [5.74, 6) is 0. The van der Waals surface area contributed by atoms with Crippen LogP contribution >= 0.6 is 27.3 Å². The molecule has 2 heterocycles. The Morgan fingerprint density at radius 3 is 2.67 bits per heavy atom. The van der Waals surface area contributed by atoms with Crippen LogP contribution in [0.2, 0.25) is 0 Å². The van der Waals surface area contributed by atoms with Gasteiger partial charge < -0.3 is 0 Å². The zero-order valence-corrected chi connectivity index (χ0v) is 10.9. The summed E-state index contributed by atoms with van der Waals surface area (Å²) in [5, 5.41) is 4.41. The molecular formula is C12H12BrNS. The molecule has 1 unspecified atom stereocenters. The third kappa shape index (κ3) is 2.67. The standard InChI is InChI=1S/C12H12BrNS/c1-9-7-15-8-11(9)12(13)6-10-2-4-14-5-3-10/h2-5,7-8,12H,6H2,1H3. The molecule has 2 rings (SSSR count). The molecular weight excluding hydrogens is 270 g/mol. The SMILES string of the molecule is Cc1cscc1C(Br)Cc1ccncc1. The molecule has 0 aliphatic rings. The van der Waals surface area contributed by atoms with Crippen molar-refractivity contribution in [2.45, 2.75) is 18.2 Å². The van der Waals surface area contributed by atoms with Crippen LogP contribution in [0.5, 0.6) is 0 Å². The summed E-state index contributed by atoms with van der Waals surface area (Å²) in [4.78, 5) is 4.43. The van der Waals surface area contributed by atoms with Gasteiger partial charge in [-0.25, -0.2) is 0 Å². The number of rotatable bonds is 3. The van der Waals surface area contributed by atoms with Gasteiger partial charge in [0.1, 0.15) is 0 Å². The minimum absolute atomic E-state index is 0.408. The Hall–Kier alpha value is -0.670. The molecule has 1 atom stereocenters. The van der Waals surface area contributed by atoms with Crippen molar-refractivity contribution < 1.29 is 0 Å². The largest absolute Gasteiger partial charge is 0.265 e. The molecule has 0 radical (unpaired) electrons. The predicted molar refractivity (Wildman–Crippen MR) is 68.7 cm³/mol. The van der Waals surface area contributed by atoms with E-state index in [-0.39, 0.29) is 0 Å². The summed E-state index contributed by atoms with van der Waals surface area (Å²) in [6.07, 6.45) is 4.70. The fourth-order valence-corrected chi connectivity index (χ4v) is 3.47. The first kappa shape index (κ1) is 10.8. The van der Waals surface area contributed by atoms with Crippen molar-refractivity contribution in [3.05, 3.63) is 52.0 Å². The van der Waals surface area contributed by atoms with E-state index >= 15 is 0 Å². The van der Waals surface area contributed by atoms with Gasteiger partial charge in [0.2, 0.25) is 0 Å². The van der Waals surface area contributed by atoms with Crippen molar-refractivity contribution in [1.82, 2.24) is 4.98 Å². The topological polar surface area (TPSA) is 12.9 Å². The molecule has 0 amide bonds. The molecule has 2 aromatic rings. The highest BCUT2D eigenvalue weighted by Crippen LogP contribution is 2.31. The number of hydrogen-bond acceptors (Lipinski definition) is 2. The molecule has 0 saturated heterocycles. The zero-order valence-electron chi connectivity index (χ0n) is 8.48. The monoisotopic (exact) mass is 281 g/mol. The molecule has 15 heavy (non-hydrogen) atoms. The second-order valence-corrected chi connectivity index (χ2v) is 5.39. The van der Waals surface area contributed by atoms with Crippen LogP contribution in [-0.4, -0.2) is 4.98 Å². The van der Waals surface area contributed by atoms with Crippen molar-refractivity contribution in [2.24, 2.45) is 0 Å². The molecule has 0 aliphatic heterocycles. The van der Waals surface area contributed by atoms with E-state index in [0.717, 1.165) is 6.42 Å². The van der Waals surface area contributed by atoms with Gasteiger partial charge in [0.05, 0.1) is 0 Å². The number of halogens is 1. The van der Waals surface area contributed by atoms with Crippen molar-refractivity contribution in [3.8, 4) is 0 Å². The van der Waals surface area contributed by atoms with Gasteiger partial charge in [0, 0.05) is 17.2 Å². The lowest BCUT2D eigenvalue weighted by Gasteiger charge is -2.09. The highest BCUT2D eigenvalue weighted by atomic mass is 79.9. The van der Waals surface area contributed by atoms with Crippen LogP contribution in [0.15, 0.2) is 35.3 Å². The Morgan fingerprint density at radius 2 is 2.07 bits per heavy atom. The van der Waals surface area contributed by atoms with Gasteiger partial charge in [-0.2, -0.15) is 11.3 Å². The number of hydrogen-bond donors (Lipinski definition) is 0. The first-order valence-electron chi connectivity index (χ1n) is 4.83. The smallest absolute Gasteiger partial charge is 0.0446 e. The Balaban J connectivity index is 2.11. The average Bonchev–Trinajstić information content (AvgIpc) is 2.66. The van der Waals surface area contributed by atoms with Crippen molar-refractivity contribution in [1.29, 1.82) is 0 Å². The Labute approximate surface area is 102 Å². The van der Waals surface area contributed by atoms with E-state index in [1.165, 1.54) is 16.7 Å². The van der Waals surface area contributed by atoms with Gasteiger partial charge in [-0.3, -0.25) is 4.98 Å². The number of thiophene rings is 1. The molecule has 0 N–H and O–H groups in total. The third-order valence-corrected chi connectivity index (χ3v) is 4.09. The van der Waals surface area contributed by atoms with Crippen LogP contribution in [0.3, 0.4) is 0 Å². The van der Waals surface area contributed by atoms with Gasteiger partial charge >= 0.3 is 0 Å². The van der Waals surface area contributed by atoms with Crippen molar-refractivity contribution >= 4 is 27.3 Å². The van der Waals surface area contributed by atoms with Crippen LogP contribution in [0.4, 0.5) is 0 Å². The van der Waals surface area contributed by atoms with E-state index in [1.54, 1.807) is 11.3 Å². The highest BCUT2D eigenvalue weighted by Gasteiger charge is 2.11. The second-order valence-electron chi connectivity index (χ2n) is 3.54. The van der Waals surface area contributed by atoms with Gasteiger partial charge in [0.15, 0.2) is 0 Å². The number of aryl methyl sites for hydroxylation is 1. The van der Waals surface area contributed by atoms with E-state index in [9.17, 15) is 0 Å². The van der Waals surface area contributed by atoms with E-state index in [1.807, 2.05) is 12.4 Å². The van der Waals surface area contributed by atoms with Crippen LogP contribution in [0.25, 0.3) is 0 Å². The third-order valence-electron chi connectivity index (χ3n) is 2.40. The summed E-state index contributed by atoms with van der Waals surface area (Å²) in [6, 6.07) is 4.13. The fraction of sp³-hybridized carbons (Fsp3) is 0.250. The fourth-order valence-electron chi connectivity index (χ4n) is 1.53. The van der Waals surface area contributed by atoms with Crippen LogP contribution in [0, 0.1) is 6.92 Å². The van der Waals surface area contributed by atoms with E-state index in [2.05, 4.69) is 50.7 Å². The summed E-state index contributed by atoms with van der Waals surface area (Å²) in [6.45, 7) is 2.16. The predicted octanol–water partition coefficient (Wildman–Crippen LogP) is 4.13. The Kier molecular flexibility index (Phi) is 3.54. The minimum Gasteiger partial charge on any atom is -0.265 e. The lowest BCUT2D eigenvalue weighted by atomic mass is 10.1. The first-order chi connectivity index (χ1) is 7.27. The van der Waals surface area contributed by atoms with Gasteiger partial charge in [0.25, 0.3) is 0 Å². The molecule has 0 bridgehead atoms. The minimum atomic E-state index is 0.408. The van der Waals surface area contributed by atoms with E-state index in [0.29, 0.717) is 4.83 Å². The van der Waals surface area contributed by atoms with Crippen LogP contribution in [-0.2, 0) is 6.42 Å². The van der Waals surface area contributed by atoms with Gasteiger partial charge in [-0.15, -0.1) is 0 Å². The van der Waals surface area contributed by atoms with Crippen molar-refractivity contribution in [3.63, 3.8) is 0 Å². The normalized spacial score (nSPS) is 12.7. The number of nitrogens with zero attached hydrogens (tertiary/aromatic N) is 1. The number of pyridine rings is 1. The molecule has 2 aromatic heterocycles. The molecule has 78 valence electrons. The molecule has 0 aliphatic carbocycles. The highest BCUT2D eigenvalue weighted by molar-refractivity contribution is 9.09. The van der Waals surface area contributed by atoms with E-state index in [4.69, 9.17) is 0 Å². The number of alkyl halides is 1. The maximum absolute atomic E-state index is 4.02. The van der Waals surface area contributed by atoms with Crippen LogP contribution in [0.1, 0.15) is 21.5 Å². The molecule has 0 fully saturated rings. The lowest BCUT2D eigenvalue weighted by Crippen LogP contribution is -1.95. The summed E-state index contributed by atoms with van der Waals surface area (Å²) < 4.78 is 0. The second kappa shape index (κ2) is 4.90. The molecule has 0 saturated carbocycles. The summed E-state index contributed by atoms with van der Waals surface area (Å²) in [7, 11) is 0. The Morgan fingerprint density at radius 1 is 1.33 bits per heavy atom. The summed E-state index contributed by atoms with van der Waals surface area (Å²) in [5.41, 5.74) is 4.09. The zero-order chi connectivity index (χ0) is 10.7. The van der Waals surface area contributed by atoms with Gasteiger partial charge in [-0.05, 0) is 52.9 Å². The quantitative estimate of drug-likeness (QED) is 0.771. The molecule has 0 aromatic carbocycles. The van der Waals surface area contributed by atoms with E-state index < -0.39 is 0 Å². The molecule has 0 spiro atoms. The molecule has 3 heteroatoms. The van der Waals surface area contributed by atoms with Crippen LogP contribution < -0.4 is 0 Å². The summed E-state index contributed by atoms with van der Waals surface area (Å²) >= 11 is 5.50. The molecule has 1 nitrogen and oxygen atoms in total. The maximum atomic E-state index is 4.02. The maximum Gasteiger partial charge on any atom is 0.0446 e. The lowest BCUT2D eigenvalue weighted by molar-refractivity contribution is 0.941. The van der Waals surface area contributed by atoms with Gasteiger partial charge in [-0.1, -0.05) is 15.9 Å². The first-order valence-corrected chi connectivity index (χ1v) is 6.69. The number of aromatic nitrogens is 1. The Bertz CT molecular complexity index is 424. The van der Waals surface area contributed by atoms with Crippen molar-refractivity contribution in [2.75, 3.05) is 0 Å². The average molecular weight is 282 g/mol.